The summed E-state index contributed by atoms with van der Waals surface area (Å²) in [6.45, 7) is 5.99. The van der Waals surface area contributed by atoms with Crippen LogP contribution in [0.3, 0.4) is 0 Å². The van der Waals surface area contributed by atoms with Gasteiger partial charge in [0.1, 0.15) is 0 Å². The molecule has 7 nitrogen and oxygen atoms in total. The zero-order chi connectivity index (χ0) is 18.1. The maximum Gasteiger partial charge on any atom is 0.228 e. The molecule has 1 atom stereocenters. The van der Waals surface area contributed by atoms with Gasteiger partial charge in [-0.1, -0.05) is 16.8 Å². The smallest absolute Gasteiger partial charge is 0.228 e. The average molecular weight is 366 g/mol. The molecule has 0 amide bonds. The van der Waals surface area contributed by atoms with Gasteiger partial charge >= 0.3 is 0 Å². The molecule has 0 aliphatic rings. The zero-order valence-electron chi connectivity index (χ0n) is 14.8. The molecule has 0 aliphatic heterocycles. The van der Waals surface area contributed by atoms with Gasteiger partial charge in [-0.2, -0.15) is 4.98 Å². The summed E-state index contributed by atoms with van der Waals surface area (Å²) in [5.74, 6) is 1.84. The number of hydrogen-bond acceptors (Lipinski definition) is 5. The van der Waals surface area contributed by atoms with Gasteiger partial charge in [0.15, 0.2) is 5.96 Å². The highest BCUT2D eigenvalue weighted by atomic mass is 35.5. The number of nitrogens with zero attached hydrogens (tertiary/aromatic N) is 3. The molecule has 2 N–H and O–H groups in total. The van der Waals surface area contributed by atoms with Gasteiger partial charge in [0.2, 0.25) is 11.7 Å². The molecular weight excluding hydrogens is 342 g/mol. The van der Waals surface area contributed by atoms with E-state index < -0.39 is 0 Å². The minimum atomic E-state index is 0.169. The molecule has 0 spiro atoms. The maximum atomic E-state index is 5.89. The van der Waals surface area contributed by atoms with Crippen molar-refractivity contribution < 1.29 is 9.26 Å². The highest BCUT2D eigenvalue weighted by Crippen LogP contribution is 2.18. The minimum Gasteiger partial charge on any atom is -0.383 e. The summed E-state index contributed by atoms with van der Waals surface area (Å²) in [5.41, 5.74) is 0.867. The van der Waals surface area contributed by atoms with Crippen LogP contribution in [-0.2, 0) is 11.2 Å². The SMILES string of the molecule is CCNC(=NCCc1nc(-c2ccc(Cl)cc2)no1)NC(C)COC. The summed E-state index contributed by atoms with van der Waals surface area (Å²) in [4.78, 5) is 8.91. The number of halogens is 1. The van der Waals surface area contributed by atoms with Crippen molar-refractivity contribution in [2.24, 2.45) is 4.99 Å². The fourth-order valence-electron chi connectivity index (χ4n) is 2.18. The van der Waals surface area contributed by atoms with Gasteiger partial charge < -0.3 is 19.9 Å². The maximum absolute atomic E-state index is 5.89. The van der Waals surface area contributed by atoms with Crippen molar-refractivity contribution >= 4 is 17.6 Å². The van der Waals surface area contributed by atoms with Crippen LogP contribution in [0.4, 0.5) is 0 Å². The van der Waals surface area contributed by atoms with Crippen molar-refractivity contribution in [1.82, 2.24) is 20.8 Å². The molecular formula is C17H24ClN5O2. The van der Waals surface area contributed by atoms with E-state index in [1.807, 2.05) is 26.0 Å². The summed E-state index contributed by atoms with van der Waals surface area (Å²) in [5, 5.41) is 11.1. The number of nitrogens with one attached hydrogen (secondary N) is 2. The standard InChI is InChI=1S/C17H24ClN5O2/c1-4-19-17(21-12(2)11-24-3)20-10-9-15-22-16(23-25-15)13-5-7-14(18)8-6-13/h5-8,12H,4,9-11H2,1-3H3,(H2,19,20,21). The molecule has 1 heterocycles. The van der Waals surface area contributed by atoms with E-state index in [0.717, 1.165) is 18.1 Å². The topological polar surface area (TPSA) is 84.6 Å². The van der Waals surface area contributed by atoms with Crippen molar-refractivity contribution in [3.05, 3.63) is 35.2 Å². The van der Waals surface area contributed by atoms with Gasteiger partial charge in [-0.3, -0.25) is 4.99 Å². The van der Waals surface area contributed by atoms with E-state index in [2.05, 4.69) is 25.8 Å². The number of ether oxygens (including phenoxy) is 1. The van der Waals surface area contributed by atoms with Gasteiger partial charge in [-0.25, -0.2) is 0 Å². The molecule has 0 aliphatic carbocycles. The van der Waals surface area contributed by atoms with E-state index in [-0.39, 0.29) is 6.04 Å². The van der Waals surface area contributed by atoms with Crippen LogP contribution in [0.25, 0.3) is 11.4 Å². The second kappa shape index (κ2) is 10.0. The van der Waals surface area contributed by atoms with Crippen molar-refractivity contribution in [2.45, 2.75) is 26.3 Å². The Morgan fingerprint density at radius 1 is 1.36 bits per heavy atom. The Hall–Kier alpha value is -2.12. The Bertz CT molecular complexity index is 672. The van der Waals surface area contributed by atoms with E-state index in [4.69, 9.17) is 20.9 Å². The molecule has 0 bridgehead atoms. The fraction of sp³-hybridized carbons (Fsp3) is 0.471. The molecule has 1 aromatic heterocycles. The Morgan fingerprint density at radius 3 is 2.80 bits per heavy atom. The monoisotopic (exact) mass is 365 g/mol. The van der Waals surface area contributed by atoms with Crippen LogP contribution in [0.5, 0.6) is 0 Å². The third-order valence-electron chi connectivity index (χ3n) is 3.31. The number of benzene rings is 1. The average Bonchev–Trinajstić information content (AvgIpc) is 3.05. The number of guanidine groups is 1. The molecule has 2 aromatic rings. The quantitative estimate of drug-likeness (QED) is 0.552. The predicted molar refractivity (Wildman–Crippen MR) is 98.9 cm³/mol. The summed E-state index contributed by atoms with van der Waals surface area (Å²) >= 11 is 5.89. The third-order valence-corrected chi connectivity index (χ3v) is 3.56. The van der Waals surface area contributed by atoms with Gasteiger partial charge in [-0.15, -0.1) is 0 Å². The van der Waals surface area contributed by atoms with E-state index in [1.54, 1.807) is 19.2 Å². The summed E-state index contributed by atoms with van der Waals surface area (Å²) in [6, 6.07) is 7.49. The Morgan fingerprint density at radius 2 is 2.12 bits per heavy atom. The van der Waals surface area contributed by atoms with E-state index in [0.29, 0.717) is 36.3 Å². The van der Waals surface area contributed by atoms with E-state index in [1.165, 1.54) is 0 Å². The van der Waals surface area contributed by atoms with Gasteiger partial charge in [0, 0.05) is 36.7 Å². The van der Waals surface area contributed by atoms with Crippen LogP contribution in [0, 0.1) is 0 Å². The van der Waals surface area contributed by atoms with Crippen LogP contribution in [0.1, 0.15) is 19.7 Å². The van der Waals surface area contributed by atoms with Crippen molar-refractivity contribution in [3.8, 4) is 11.4 Å². The van der Waals surface area contributed by atoms with Crippen LogP contribution in [0.2, 0.25) is 5.02 Å². The lowest BCUT2D eigenvalue weighted by molar-refractivity contribution is 0.179. The third kappa shape index (κ3) is 6.36. The number of aromatic nitrogens is 2. The lowest BCUT2D eigenvalue weighted by Gasteiger charge is -2.16. The Kier molecular flexibility index (Phi) is 7.69. The largest absolute Gasteiger partial charge is 0.383 e. The second-order valence-electron chi connectivity index (χ2n) is 5.53. The molecule has 2 rings (SSSR count). The summed E-state index contributed by atoms with van der Waals surface area (Å²) < 4.78 is 10.4. The summed E-state index contributed by atoms with van der Waals surface area (Å²) in [7, 11) is 1.68. The molecule has 0 fully saturated rings. The normalized spacial score (nSPS) is 12.9. The molecule has 1 unspecified atom stereocenters. The molecule has 1 aromatic carbocycles. The molecule has 8 heteroatoms. The Balaban J connectivity index is 1.92. The van der Waals surface area contributed by atoms with Gasteiger partial charge in [0.25, 0.3) is 0 Å². The molecule has 25 heavy (non-hydrogen) atoms. The first kappa shape index (κ1) is 19.2. The van der Waals surface area contributed by atoms with Crippen LogP contribution < -0.4 is 10.6 Å². The Labute approximate surface area is 152 Å². The molecule has 0 saturated heterocycles. The molecule has 136 valence electrons. The highest BCUT2D eigenvalue weighted by Gasteiger charge is 2.09. The van der Waals surface area contributed by atoms with Crippen molar-refractivity contribution in [1.29, 1.82) is 0 Å². The number of aliphatic imine (C=N–C) groups is 1. The number of methoxy groups -OCH3 is 1. The first-order valence-electron chi connectivity index (χ1n) is 8.24. The fourth-order valence-corrected chi connectivity index (χ4v) is 2.31. The van der Waals surface area contributed by atoms with Crippen molar-refractivity contribution in [3.63, 3.8) is 0 Å². The van der Waals surface area contributed by atoms with Gasteiger partial charge in [-0.05, 0) is 38.1 Å². The molecule has 0 saturated carbocycles. The highest BCUT2D eigenvalue weighted by molar-refractivity contribution is 6.30. The first-order valence-corrected chi connectivity index (χ1v) is 8.62. The summed E-state index contributed by atoms with van der Waals surface area (Å²) in [6.07, 6.45) is 0.565. The van der Waals surface area contributed by atoms with Crippen LogP contribution >= 0.6 is 11.6 Å². The van der Waals surface area contributed by atoms with Crippen LogP contribution in [-0.4, -0.2) is 48.9 Å². The molecule has 0 radical (unpaired) electrons. The zero-order valence-corrected chi connectivity index (χ0v) is 15.5. The van der Waals surface area contributed by atoms with Crippen molar-refractivity contribution in [2.75, 3.05) is 26.8 Å². The van der Waals surface area contributed by atoms with E-state index in [9.17, 15) is 0 Å². The lowest BCUT2D eigenvalue weighted by atomic mass is 10.2. The van der Waals surface area contributed by atoms with Gasteiger partial charge in [0.05, 0.1) is 13.2 Å². The van der Waals surface area contributed by atoms with E-state index >= 15 is 0 Å². The second-order valence-corrected chi connectivity index (χ2v) is 5.97. The first-order chi connectivity index (χ1) is 12.1. The number of hydrogen-bond donors (Lipinski definition) is 2. The minimum absolute atomic E-state index is 0.169. The van der Waals surface area contributed by atoms with Crippen LogP contribution in [0.15, 0.2) is 33.8 Å². The predicted octanol–water partition coefficient (Wildman–Crippen LogP) is 2.52. The number of rotatable bonds is 8. The lowest BCUT2D eigenvalue weighted by Crippen LogP contribution is -2.44.